The van der Waals surface area contributed by atoms with Crippen LogP contribution in [0.3, 0.4) is 0 Å². The Bertz CT molecular complexity index is 1420. The second-order valence-electron chi connectivity index (χ2n) is 14.8. The average molecular weight is 727 g/mol. The van der Waals surface area contributed by atoms with Crippen molar-refractivity contribution in [1.82, 2.24) is 0 Å². The fourth-order valence-corrected chi connectivity index (χ4v) is 7.53. The maximum atomic E-state index is 13.3. The quantitative estimate of drug-likeness (QED) is 0.0598. The molecule has 0 spiro atoms. The number of fused-ring (bicyclic) bond motifs is 1. The number of allylic oxidation sites excluding steroid dienone is 4. The normalized spacial score (nSPS) is 16.2. The number of methoxy groups -OCH3 is 1. The molecule has 11 nitrogen and oxygen atoms in total. The number of benzene rings is 1. The molecule has 0 saturated heterocycles. The summed E-state index contributed by atoms with van der Waals surface area (Å²) < 4.78 is 40.4. The number of carboxylic acid groups (broad SMARTS) is 1. The number of carboxylic acids is 1. The van der Waals surface area contributed by atoms with Crippen molar-refractivity contribution in [2.75, 3.05) is 26.5 Å². The fourth-order valence-electron chi connectivity index (χ4n) is 5.02. The predicted octanol–water partition coefficient (Wildman–Crippen LogP) is 7.39. The second-order valence-corrected chi connectivity index (χ2v) is 27.9. The number of cyclic esters (lactones) is 1. The Balaban J connectivity index is 2.34. The Morgan fingerprint density at radius 1 is 1.04 bits per heavy atom. The highest BCUT2D eigenvalue weighted by Crippen LogP contribution is 2.44. The van der Waals surface area contributed by atoms with E-state index in [0.29, 0.717) is 43.1 Å². The lowest BCUT2D eigenvalue weighted by atomic mass is 9.93. The predicted molar refractivity (Wildman–Crippen MR) is 192 cm³/mol. The third-order valence-electron chi connectivity index (χ3n) is 7.97. The smallest absolute Gasteiger partial charge is 0.342 e. The van der Waals surface area contributed by atoms with Crippen molar-refractivity contribution >= 4 is 41.7 Å². The Morgan fingerprint density at radius 3 is 2.25 bits per heavy atom. The van der Waals surface area contributed by atoms with Gasteiger partial charge in [0.05, 0.1) is 32.4 Å². The first-order chi connectivity index (χ1) is 22.2. The van der Waals surface area contributed by atoms with Crippen molar-refractivity contribution in [3.05, 3.63) is 46.1 Å². The van der Waals surface area contributed by atoms with Crippen molar-refractivity contribution in [1.29, 1.82) is 0 Å². The molecular formula is C34H55O11PSi2. The molecule has 0 radical (unpaired) electrons. The minimum atomic E-state index is -4.18. The minimum absolute atomic E-state index is 0.168. The van der Waals surface area contributed by atoms with Crippen molar-refractivity contribution in [2.45, 2.75) is 104 Å². The van der Waals surface area contributed by atoms with E-state index in [9.17, 15) is 23.8 Å². The van der Waals surface area contributed by atoms with Crippen molar-refractivity contribution < 1.29 is 52.4 Å². The van der Waals surface area contributed by atoms with Gasteiger partial charge in [-0.2, -0.15) is 0 Å². The first-order valence-corrected chi connectivity index (χ1v) is 25.6. The number of carbonyl (C=O) groups is 3. The second kappa shape index (κ2) is 17.8. The van der Waals surface area contributed by atoms with Crippen LogP contribution in [0.2, 0.25) is 51.4 Å². The lowest BCUT2D eigenvalue weighted by molar-refractivity contribution is -0.148. The average Bonchev–Trinajstić information content (AvgIpc) is 3.34. The molecule has 3 atom stereocenters. The van der Waals surface area contributed by atoms with E-state index in [1.807, 2.05) is 19.9 Å². The summed E-state index contributed by atoms with van der Waals surface area (Å²) in [6, 6.07) is 1.73. The molecule has 2 rings (SSSR count). The highest BCUT2D eigenvalue weighted by molar-refractivity contribution is 7.53. The molecule has 2 N–H and O–H groups in total. The molecule has 0 bridgehead atoms. The van der Waals surface area contributed by atoms with E-state index in [-0.39, 0.29) is 19.0 Å². The van der Waals surface area contributed by atoms with E-state index < -0.39 is 53.9 Å². The van der Waals surface area contributed by atoms with Gasteiger partial charge in [-0.3, -0.25) is 13.9 Å². The summed E-state index contributed by atoms with van der Waals surface area (Å²) in [5.74, 6) is -1.56. The maximum absolute atomic E-state index is 13.3. The van der Waals surface area contributed by atoms with E-state index in [2.05, 4.69) is 39.3 Å². The summed E-state index contributed by atoms with van der Waals surface area (Å²) in [6.45, 7) is 19.3. The summed E-state index contributed by atoms with van der Waals surface area (Å²) in [5.41, 5.74) is 3.69. The van der Waals surface area contributed by atoms with Gasteiger partial charge in [-0.15, -0.1) is 0 Å². The number of ether oxygens (including phenoxy) is 4. The Hall–Kier alpha value is -2.71. The number of hydrogen-bond acceptors (Lipinski definition) is 9. The molecule has 1 aromatic rings. The molecule has 0 aromatic heterocycles. The Labute approximate surface area is 287 Å². The number of carbonyl (C=O) groups excluding carboxylic acids is 2. The zero-order valence-electron chi connectivity index (χ0n) is 30.3. The van der Waals surface area contributed by atoms with Crippen LogP contribution in [0.4, 0.5) is 0 Å². The number of hydrogen-bond donors (Lipinski definition) is 2. The summed E-state index contributed by atoms with van der Waals surface area (Å²) in [4.78, 5) is 47.2. The van der Waals surface area contributed by atoms with Gasteiger partial charge in [0.1, 0.15) is 23.7 Å². The molecule has 1 aliphatic rings. The highest BCUT2D eigenvalue weighted by Gasteiger charge is 2.33. The van der Waals surface area contributed by atoms with Gasteiger partial charge < -0.3 is 28.9 Å². The van der Waals surface area contributed by atoms with Crippen molar-refractivity contribution in [3.63, 3.8) is 0 Å². The highest BCUT2D eigenvalue weighted by atomic mass is 31.2. The van der Waals surface area contributed by atoms with Crippen molar-refractivity contribution in [2.24, 2.45) is 5.92 Å². The van der Waals surface area contributed by atoms with Crippen LogP contribution in [-0.4, -0.2) is 76.6 Å². The van der Waals surface area contributed by atoms with E-state index in [0.717, 1.165) is 34.4 Å². The van der Waals surface area contributed by atoms with E-state index >= 15 is 0 Å². The lowest BCUT2D eigenvalue weighted by Gasteiger charge is -2.22. The molecule has 270 valence electrons. The van der Waals surface area contributed by atoms with Gasteiger partial charge in [-0.25, -0.2) is 9.59 Å². The van der Waals surface area contributed by atoms with Crippen LogP contribution in [-0.2, 0) is 41.2 Å². The van der Waals surface area contributed by atoms with Gasteiger partial charge in [-0.05, 0) is 57.7 Å². The standard InChI is InChI=1S/C34H55O11PSi2/c1-23(14-15-27-30(41-4)24(2)28-22-44-34(38)29(28)31(27)42-16-19-47(5,6)7)21-26(33(37)43-17-20-48(8,9)10)13-11-12-18-46(39,40)45-25(3)32(35)36/h11-12,14,25-26H,13,15-22H2,1-10H3,(H,35,36)(H,39,40)/b12-11+,23-14+. The molecule has 0 aliphatic carbocycles. The number of aliphatic carboxylic acids is 1. The first-order valence-electron chi connectivity index (χ1n) is 16.4. The SMILES string of the molecule is COc1c(C)c2c(c(OCC[Si](C)(C)C)c1C/C=C(\C)CC(C/C=C/CP(=O)(O)OC(C)C(=O)O)C(=O)OCC[Si](C)(C)C)C(=O)OC2. The van der Waals surface area contributed by atoms with Gasteiger partial charge in [0.25, 0.3) is 0 Å². The third-order valence-corrected chi connectivity index (χ3v) is 12.7. The monoisotopic (exact) mass is 726 g/mol. The summed E-state index contributed by atoms with van der Waals surface area (Å²) in [7, 11) is -5.45. The maximum Gasteiger partial charge on any atom is 0.342 e. The fraction of sp³-hybridized carbons (Fsp3) is 0.618. The molecule has 0 amide bonds. The van der Waals surface area contributed by atoms with Crippen LogP contribution in [0.5, 0.6) is 11.5 Å². The van der Waals surface area contributed by atoms with Crippen LogP contribution < -0.4 is 9.47 Å². The van der Waals surface area contributed by atoms with Crippen LogP contribution in [0.1, 0.15) is 53.7 Å². The molecule has 0 saturated carbocycles. The van der Waals surface area contributed by atoms with Crippen LogP contribution >= 0.6 is 7.60 Å². The van der Waals surface area contributed by atoms with Gasteiger partial charge in [-0.1, -0.05) is 63.1 Å². The summed E-state index contributed by atoms with van der Waals surface area (Å²) in [5, 5.41) is 8.99. The largest absolute Gasteiger partial charge is 0.496 e. The van der Waals surface area contributed by atoms with Crippen LogP contribution in [0.25, 0.3) is 0 Å². The molecule has 0 fully saturated rings. The van der Waals surface area contributed by atoms with E-state index in [4.69, 9.17) is 28.6 Å². The van der Waals surface area contributed by atoms with Gasteiger partial charge in [0.15, 0.2) is 6.10 Å². The van der Waals surface area contributed by atoms with E-state index in [1.54, 1.807) is 13.2 Å². The molecule has 48 heavy (non-hydrogen) atoms. The molecule has 3 unspecified atom stereocenters. The molecule has 1 aliphatic heterocycles. The number of rotatable bonds is 20. The van der Waals surface area contributed by atoms with E-state index in [1.165, 1.54) is 13.0 Å². The zero-order chi connectivity index (χ0) is 36.4. The van der Waals surface area contributed by atoms with Crippen molar-refractivity contribution in [3.8, 4) is 11.5 Å². The Morgan fingerprint density at radius 2 is 1.67 bits per heavy atom. The topological polar surface area (TPSA) is 155 Å². The molecule has 1 aromatic carbocycles. The van der Waals surface area contributed by atoms with Gasteiger partial charge in [0, 0.05) is 27.3 Å². The lowest BCUT2D eigenvalue weighted by Crippen LogP contribution is -2.25. The zero-order valence-corrected chi connectivity index (χ0v) is 33.2. The summed E-state index contributed by atoms with van der Waals surface area (Å²) in [6.07, 6.45) is 4.21. The van der Waals surface area contributed by atoms with Gasteiger partial charge >= 0.3 is 25.5 Å². The van der Waals surface area contributed by atoms with Crippen LogP contribution in [0, 0.1) is 12.8 Å². The van der Waals surface area contributed by atoms with Gasteiger partial charge in [0.2, 0.25) is 0 Å². The molecular weight excluding hydrogens is 672 g/mol. The summed E-state index contributed by atoms with van der Waals surface area (Å²) >= 11 is 0. The molecule has 14 heteroatoms. The third kappa shape index (κ3) is 13.3. The molecule has 1 heterocycles. The Kier molecular flexibility index (Phi) is 15.4. The first kappa shape index (κ1) is 41.5. The number of esters is 2. The van der Waals surface area contributed by atoms with Crippen LogP contribution in [0.15, 0.2) is 23.8 Å². The minimum Gasteiger partial charge on any atom is -0.496 e.